The topological polar surface area (TPSA) is 83.6 Å². The maximum absolute atomic E-state index is 13.0. The van der Waals surface area contributed by atoms with Crippen molar-refractivity contribution in [2.24, 2.45) is 0 Å². The first-order chi connectivity index (χ1) is 11.8. The van der Waals surface area contributed by atoms with E-state index in [1.54, 1.807) is 49.4 Å². The fraction of sp³-hybridized carbons (Fsp3) is 0.294. The Labute approximate surface area is 148 Å². The second-order valence-electron chi connectivity index (χ2n) is 5.99. The summed E-state index contributed by atoms with van der Waals surface area (Å²) in [5.74, 6) is 0. The van der Waals surface area contributed by atoms with Crippen molar-refractivity contribution < 1.29 is 16.8 Å². The maximum Gasteiger partial charge on any atom is 0.243 e. The van der Waals surface area contributed by atoms with Gasteiger partial charge in [0.25, 0.3) is 0 Å². The fourth-order valence-electron chi connectivity index (χ4n) is 2.98. The Balaban J connectivity index is 1.98. The standard InChI is InChI=1S/C17H20N2O4S2/c1-13-5-3-4-6-17(13)25(22,23)19-10-9-14-7-8-16(11-15(14)12-19)24(20,21)18-2/h3-8,11,18H,9-10,12H2,1-2H3. The number of aryl methyl sites for hydroxylation is 1. The number of hydrogen-bond acceptors (Lipinski definition) is 4. The van der Waals surface area contributed by atoms with Gasteiger partial charge in [0.1, 0.15) is 0 Å². The van der Waals surface area contributed by atoms with Crippen LogP contribution in [0.2, 0.25) is 0 Å². The summed E-state index contributed by atoms with van der Waals surface area (Å²) in [6, 6.07) is 11.7. The molecule has 0 atom stereocenters. The maximum atomic E-state index is 13.0. The van der Waals surface area contributed by atoms with Crippen molar-refractivity contribution in [2.75, 3.05) is 13.6 Å². The molecule has 1 heterocycles. The van der Waals surface area contributed by atoms with Gasteiger partial charge in [-0.25, -0.2) is 21.6 Å². The number of fused-ring (bicyclic) bond motifs is 1. The molecule has 0 unspecified atom stereocenters. The Hall–Kier alpha value is -1.74. The molecule has 0 radical (unpaired) electrons. The molecule has 3 rings (SSSR count). The summed E-state index contributed by atoms with van der Waals surface area (Å²) < 4.78 is 53.6. The molecule has 0 saturated carbocycles. The quantitative estimate of drug-likeness (QED) is 0.874. The van der Waals surface area contributed by atoms with Crippen LogP contribution in [0.25, 0.3) is 0 Å². The predicted octanol–water partition coefficient (Wildman–Crippen LogP) is 1.65. The van der Waals surface area contributed by atoms with Crippen molar-refractivity contribution in [1.82, 2.24) is 9.03 Å². The molecule has 0 saturated heterocycles. The van der Waals surface area contributed by atoms with E-state index in [0.29, 0.717) is 18.5 Å². The molecule has 6 nitrogen and oxygen atoms in total. The third kappa shape index (κ3) is 3.35. The van der Waals surface area contributed by atoms with E-state index in [1.807, 2.05) is 0 Å². The summed E-state index contributed by atoms with van der Waals surface area (Å²) in [5, 5.41) is 0. The van der Waals surface area contributed by atoms with Crippen LogP contribution in [-0.4, -0.2) is 34.7 Å². The third-order valence-electron chi connectivity index (χ3n) is 4.45. The average Bonchev–Trinajstić information content (AvgIpc) is 2.61. The Bertz CT molecular complexity index is 1010. The van der Waals surface area contributed by atoms with Crippen LogP contribution in [0.3, 0.4) is 0 Å². The summed E-state index contributed by atoms with van der Waals surface area (Å²) in [6.45, 7) is 2.31. The molecule has 0 fully saturated rings. The lowest BCUT2D eigenvalue weighted by Crippen LogP contribution is -2.36. The van der Waals surface area contributed by atoms with Crippen LogP contribution in [0.15, 0.2) is 52.3 Å². The highest BCUT2D eigenvalue weighted by Gasteiger charge is 2.30. The van der Waals surface area contributed by atoms with Gasteiger partial charge in [-0.15, -0.1) is 0 Å². The first-order valence-corrected chi connectivity index (χ1v) is 10.8. The van der Waals surface area contributed by atoms with Gasteiger partial charge in [0.15, 0.2) is 0 Å². The molecular weight excluding hydrogens is 360 g/mol. The number of nitrogens with zero attached hydrogens (tertiary/aromatic N) is 1. The normalized spacial score (nSPS) is 15.8. The minimum atomic E-state index is -3.62. The lowest BCUT2D eigenvalue weighted by molar-refractivity contribution is 0.390. The first-order valence-electron chi connectivity index (χ1n) is 7.87. The van der Waals surface area contributed by atoms with E-state index in [-0.39, 0.29) is 16.3 Å². The lowest BCUT2D eigenvalue weighted by Gasteiger charge is -2.29. The first kappa shape index (κ1) is 18.1. The smallest absolute Gasteiger partial charge is 0.214 e. The Morgan fingerprint density at radius 1 is 1.00 bits per heavy atom. The average molecular weight is 380 g/mol. The molecule has 25 heavy (non-hydrogen) atoms. The Morgan fingerprint density at radius 3 is 2.40 bits per heavy atom. The summed E-state index contributed by atoms with van der Waals surface area (Å²) in [6.07, 6.45) is 0.556. The van der Waals surface area contributed by atoms with E-state index < -0.39 is 20.0 Å². The molecule has 8 heteroatoms. The third-order valence-corrected chi connectivity index (χ3v) is 7.86. The zero-order valence-corrected chi connectivity index (χ0v) is 15.7. The van der Waals surface area contributed by atoms with Crippen molar-refractivity contribution in [3.05, 3.63) is 59.2 Å². The van der Waals surface area contributed by atoms with Crippen molar-refractivity contribution in [3.8, 4) is 0 Å². The molecular formula is C17H20N2O4S2. The lowest BCUT2D eigenvalue weighted by atomic mass is 10.0. The van der Waals surface area contributed by atoms with Crippen LogP contribution >= 0.6 is 0 Å². The molecule has 0 aromatic heterocycles. The van der Waals surface area contributed by atoms with Crippen LogP contribution in [0, 0.1) is 6.92 Å². The van der Waals surface area contributed by atoms with Crippen LogP contribution in [-0.2, 0) is 33.0 Å². The summed E-state index contributed by atoms with van der Waals surface area (Å²) in [4.78, 5) is 0.432. The molecule has 2 aromatic carbocycles. The fourth-order valence-corrected chi connectivity index (χ4v) is 5.41. The molecule has 1 N–H and O–H groups in total. The van der Waals surface area contributed by atoms with Crippen molar-refractivity contribution >= 4 is 20.0 Å². The van der Waals surface area contributed by atoms with Crippen molar-refractivity contribution in [2.45, 2.75) is 29.7 Å². The molecule has 1 aliphatic heterocycles. The van der Waals surface area contributed by atoms with E-state index in [9.17, 15) is 16.8 Å². The van der Waals surface area contributed by atoms with Gasteiger partial charge in [0.2, 0.25) is 20.0 Å². The van der Waals surface area contributed by atoms with Gasteiger partial charge in [-0.1, -0.05) is 24.3 Å². The number of sulfonamides is 2. The molecule has 1 aliphatic rings. The Morgan fingerprint density at radius 2 is 1.72 bits per heavy atom. The highest BCUT2D eigenvalue weighted by molar-refractivity contribution is 7.89. The van der Waals surface area contributed by atoms with E-state index in [2.05, 4.69) is 4.72 Å². The molecule has 2 aromatic rings. The van der Waals surface area contributed by atoms with Gasteiger partial charge < -0.3 is 0 Å². The molecule has 0 spiro atoms. The predicted molar refractivity (Wildman–Crippen MR) is 95.2 cm³/mol. The van der Waals surface area contributed by atoms with Gasteiger partial charge >= 0.3 is 0 Å². The second kappa shape index (κ2) is 6.53. The van der Waals surface area contributed by atoms with Crippen LogP contribution in [0.5, 0.6) is 0 Å². The largest absolute Gasteiger partial charge is 0.243 e. The summed E-state index contributed by atoms with van der Waals surface area (Å²) in [5.41, 5.74) is 2.39. The minimum absolute atomic E-state index is 0.142. The number of hydrogen-bond donors (Lipinski definition) is 1. The minimum Gasteiger partial charge on any atom is -0.214 e. The van der Waals surface area contributed by atoms with Crippen molar-refractivity contribution in [3.63, 3.8) is 0 Å². The SMILES string of the molecule is CNS(=O)(=O)c1ccc2c(c1)CN(S(=O)(=O)c1ccccc1C)CC2. The van der Waals surface area contributed by atoms with E-state index >= 15 is 0 Å². The summed E-state index contributed by atoms with van der Waals surface area (Å²) >= 11 is 0. The molecule has 0 bridgehead atoms. The van der Waals surface area contributed by atoms with Crippen LogP contribution in [0.4, 0.5) is 0 Å². The highest BCUT2D eigenvalue weighted by atomic mass is 32.2. The second-order valence-corrected chi connectivity index (χ2v) is 9.79. The molecule has 0 amide bonds. The Kier molecular flexibility index (Phi) is 4.72. The summed E-state index contributed by atoms with van der Waals surface area (Å²) in [7, 11) is -5.83. The van der Waals surface area contributed by atoms with E-state index in [1.165, 1.54) is 11.4 Å². The van der Waals surface area contributed by atoms with Crippen LogP contribution < -0.4 is 4.72 Å². The molecule has 134 valence electrons. The van der Waals surface area contributed by atoms with Gasteiger partial charge in [-0.3, -0.25) is 0 Å². The van der Waals surface area contributed by atoms with Crippen molar-refractivity contribution in [1.29, 1.82) is 0 Å². The molecule has 0 aliphatic carbocycles. The zero-order chi connectivity index (χ0) is 18.2. The number of benzene rings is 2. The van der Waals surface area contributed by atoms with Gasteiger partial charge in [0, 0.05) is 13.1 Å². The van der Waals surface area contributed by atoms with Gasteiger partial charge in [-0.2, -0.15) is 4.31 Å². The number of rotatable bonds is 4. The zero-order valence-electron chi connectivity index (χ0n) is 14.1. The monoisotopic (exact) mass is 380 g/mol. The van der Waals surface area contributed by atoms with Gasteiger partial charge in [0.05, 0.1) is 9.79 Å². The van der Waals surface area contributed by atoms with E-state index in [0.717, 1.165) is 11.1 Å². The number of nitrogens with one attached hydrogen (secondary N) is 1. The highest BCUT2D eigenvalue weighted by Crippen LogP contribution is 2.28. The van der Waals surface area contributed by atoms with E-state index in [4.69, 9.17) is 0 Å². The van der Waals surface area contributed by atoms with Gasteiger partial charge in [-0.05, 0) is 55.3 Å². The van der Waals surface area contributed by atoms with Crippen LogP contribution in [0.1, 0.15) is 16.7 Å².